The van der Waals surface area contributed by atoms with Gasteiger partial charge >= 0.3 is 0 Å². The van der Waals surface area contributed by atoms with Gasteiger partial charge < -0.3 is 4.74 Å². The molecule has 1 aromatic heterocycles. The van der Waals surface area contributed by atoms with Crippen LogP contribution in [0.25, 0.3) is 0 Å². The Balaban J connectivity index is 2.28. The van der Waals surface area contributed by atoms with Crippen molar-refractivity contribution in [2.75, 3.05) is 0 Å². The summed E-state index contributed by atoms with van der Waals surface area (Å²) >= 11 is 6.09. The van der Waals surface area contributed by atoms with E-state index < -0.39 is 11.6 Å². The van der Waals surface area contributed by atoms with Gasteiger partial charge in [-0.2, -0.15) is 0 Å². The van der Waals surface area contributed by atoms with Crippen molar-refractivity contribution < 1.29 is 13.5 Å². The number of hydrogen-bond acceptors (Lipinski definition) is 2. The molecule has 88 valence electrons. The van der Waals surface area contributed by atoms with Gasteiger partial charge in [0.2, 0.25) is 0 Å². The van der Waals surface area contributed by atoms with Crippen LogP contribution in [0.5, 0.6) is 11.6 Å². The van der Waals surface area contributed by atoms with Crippen LogP contribution >= 0.6 is 31.9 Å². The third-order valence-corrected chi connectivity index (χ3v) is 2.96. The second-order valence-electron chi connectivity index (χ2n) is 3.12. The van der Waals surface area contributed by atoms with Crippen molar-refractivity contribution in [3.8, 4) is 11.6 Å². The summed E-state index contributed by atoms with van der Waals surface area (Å²) in [7, 11) is 0. The fraction of sp³-hybridized carbons (Fsp3) is 0. The van der Waals surface area contributed by atoms with E-state index in [4.69, 9.17) is 4.74 Å². The topological polar surface area (TPSA) is 22.1 Å². The first-order chi connectivity index (χ1) is 8.06. The molecule has 0 amide bonds. The quantitative estimate of drug-likeness (QED) is 0.772. The molecule has 1 aromatic carbocycles. The molecule has 0 bridgehead atoms. The Labute approximate surface area is 113 Å². The number of benzene rings is 1. The second-order valence-corrected chi connectivity index (χ2v) is 4.89. The van der Waals surface area contributed by atoms with Crippen LogP contribution in [0, 0.1) is 11.6 Å². The van der Waals surface area contributed by atoms with Crippen molar-refractivity contribution in [3.63, 3.8) is 0 Å². The van der Waals surface area contributed by atoms with Crippen LogP contribution in [-0.4, -0.2) is 4.98 Å². The fourth-order valence-corrected chi connectivity index (χ4v) is 1.68. The SMILES string of the molecule is Fc1cc(Oc2ncc(Br)cc2F)ccc1Br. The maximum absolute atomic E-state index is 13.4. The molecule has 6 heteroatoms. The van der Waals surface area contributed by atoms with Gasteiger partial charge in [-0.3, -0.25) is 0 Å². The Kier molecular flexibility index (Phi) is 3.73. The molecule has 0 aliphatic carbocycles. The number of pyridine rings is 1. The van der Waals surface area contributed by atoms with Gasteiger partial charge in [0.1, 0.15) is 11.6 Å². The molecule has 2 nitrogen and oxygen atoms in total. The van der Waals surface area contributed by atoms with Gasteiger partial charge in [-0.1, -0.05) is 0 Å². The minimum absolute atomic E-state index is 0.180. The van der Waals surface area contributed by atoms with Gasteiger partial charge in [-0.15, -0.1) is 0 Å². The van der Waals surface area contributed by atoms with Gasteiger partial charge in [-0.25, -0.2) is 13.8 Å². The number of rotatable bonds is 2. The van der Waals surface area contributed by atoms with E-state index in [0.29, 0.717) is 8.95 Å². The second kappa shape index (κ2) is 5.10. The Bertz CT molecular complexity index is 563. The summed E-state index contributed by atoms with van der Waals surface area (Å²) in [6, 6.07) is 5.35. The molecular formula is C11H5Br2F2NO. The molecule has 0 fully saturated rings. The van der Waals surface area contributed by atoms with E-state index in [1.807, 2.05) is 0 Å². The highest BCUT2D eigenvalue weighted by Crippen LogP contribution is 2.27. The third kappa shape index (κ3) is 3.01. The molecule has 0 saturated carbocycles. The first-order valence-electron chi connectivity index (χ1n) is 4.50. The molecule has 0 atom stereocenters. The van der Waals surface area contributed by atoms with E-state index in [2.05, 4.69) is 36.8 Å². The number of hydrogen-bond donors (Lipinski definition) is 0. The lowest BCUT2D eigenvalue weighted by Gasteiger charge is -2.06. The number of aromatic nitrogens is 1. The van der Waals surface area contributed by atoms with Gasteiger partial charge in [0.05, 0.1) is 4.47 Å². The molecule has 1 heterocycles. The van der Waals surface area contributed by atoms with Crippen LogP contribution < -0.4 is 4.74 Å². The van der Waals surface area contributed by atoms with Crippen LogP contribution in [0.4, 0.5) is 8.78 Å². The number of ether oxygens (including phenoxy) is 1. The maximum Gasteiger partial charge on any atom is 0.255 e. The zero-order valence-corrected chi connectivity index (χ0v) is 11.4. The van der Waals surface area contributed by atoms with Crippen molar-refractivity contribution in [1.82, 2.24) is 4.98 Å². The van der Waals surface area contributed by atoms with Crippen molar-refractivity contribution in [2.45, 2.75) is 0 Å². The van der Waals surface area contributed by atoms with E-state index in [0.717, 1.165) is 6.07 Å². The van der Waals surface area contributed by atoms with Crippen LogP contribution in [-0.2, 0) is 0 Å². The minimum Gasteiger partial charge on any atom is -0.436 e. The van der Waals surface area contributed by atoms with Gasteiger partial charge in [0.15, 0.2) is 5.82 Å². The van der Waals surface area contributed by atoms with Crippen LogP contribution in [0.1, 0.15) is 0 Å². The van der Waals surface area contributed by atoms with E-state index in [1.165, 1.54) is 24.4 Å². The lowest BCUT2D eigenvalue weighted by molar-refractivity contribution is 0.419. The smallest absolute Gasteiger partial charge is 0.255 e. The van der Waals surface area contributed by atoms with Crippen molar-refractivity contribution >= 4 is 31.9 Å². The summed E-state index contributed by atoms with van der Waals surface area (Å²) in [5, 5.41) is 0. The highest BCUT2D eigenvalue weighted by molar-refractivity contribution is 9.10. The normalized spacial score (nSPS) is 10.4. The lowest BCUT2D eigenvalue weighted by atomic mass is 10.3. The van der Waals surface area contributed by atoms with Gasteiger partial charge in [-0.05, 0) is 50.1 Å². The average Bonchev–Trinajstić information content (AvgIpc) is 2.27. The van der Waals surface area contributed by atoms with Crippen molar-refractivity contribution in [2.24, 2.45) is 0 Å². The summed E-state index contributed by atoms with van der Waals surface area (Å²) in [4.78, 5) is 3.75. The van der Waals surface area contributed by atoms with Gasteiger partial charge in [0.25, 0.3) is 5.88 Å². The predicted molar refractivity (Wildman–Crippen MR) is 66.1 cm³/mol. The highest BCUT2D eigenvalue weighted by atomic mass is 79.9. The van der Waals surface area contributed by atoms with Gasteiger partial charge in [0, 0.05) is 16.7 Å². The highest BCUT2D eigenvalue weighted by Gasteiger charge is 2.08. The van der Waals surface area contributed by atoms with E-state index >= 15 is 0 Å². The standard InChI is InChI=1S/C11H5Br2F2NO/c12-6-3-10(15)11(16-5-6)17-7-1-2-8(13)9(14)4-7/h1-5H. The number of nitrogens with zero attached hydrogens (tertiary/aromatic N) is 1. The molecule has 0 unspecified atom stereocenters. The Morgan fingerprint density at radius 1 is 1.06 bits per heavy atom. The van der Waals surface area contributed by atoms with Crippen LogP contribution in [0.2, 0.25) is 0 Å². The fourth-order valence-electron chi connectivity index (χ4n) is 1.13. The zero-order chi connectivity index (χ0) is 12.4. The molecule has 0 N–H and O–H groups in total. The summed E-state index contributed by atoms with van der Waals surface area (Å²) in [6.07, 6.45) is 1.40. The average molecular weight is 365 g/mol. The third-order valence-electron chi connectivity index (χ3n) is 1.88. The van der Waals surface area contributed by atoms with Crippen LogP contribution in [0.3, 0.4) is 0 Å². The van der Waals surface area contributed by atoms with E-state index in [-0.39, 0.29) is 11.6 Å². The van der Waals surface area contributed by atoms with Crippen molar-refractivity contribution in [3.05, 3.63) is 51.0 Å². The summed E-state index contributed by atoms with van der Waals surface area (Å²) < 4.78 is 32.5. The zero-order valence-electron chi connectivity index (χ0n) is 8.25. The monoisotopic (exact) mass is 363 g/mol. The maximum atomic E-state index is 13.4. The lowest BCUT2D eigenvalue weighted by Crippen LogP contribution is -1.92. The Morgan fingerprint density at radius 3 is 2.47 bits per heavy atom. The summed E-state index contributed by atoms with van der Waals surface area (Å²) in [5.41, 5.74) is 0. The summed E-state index contributed by atoms with van der Waals surface area (Å²) in [5.74, 6) is -1.13. The Morgan fingerprint density at radius 2 is 1.82 bits per heavy atom. The minimum atomic E-state index is -0.622. The molecule has 0 spiro atoms. The molecular weight excluding hydrogens is 360 g/mol. The molecule has 2 rings (SSSR count). The predicted octanol–water partition coefficient (Wildman–Crippen LogP) is 4.68. The van der Waals surface area contributed by atoms with E-state index in [1.54, 1.807) is 0 Å². The molecule has 2 aromatic rings. The largest absolute Gasteiger partial charge is 0.436 e. The first kappa shape index (κ1) is 12.4. The molecule has 0 aliphatic rings. The molecule has 0 saturated heterocycles. The molecule has 0 aliphatic heterocycles. The first-order valence-corrected chi connectivity index (χ1v) is 6.09. The molecule has 0 radical (unpaired) electrons. The van der Waals surface area contributed by atoms with E-state index in [9.17, 15) is 8.78 Å². The Hall–Kier alpha value is -1.01. The number of halogens is 4. The summed E-state index contributed by atoms with van der Waals surface area (Å²) in [6.45, 7) is 0. The van der Waals surface area contributed by atoms with Crippen molar-refractivity contribution in [1.29, 1.82) is 0 Å². The van der Waals surface area contributed by atoms with Crippen LogP contribution in [0.15, 0.2) is 39.4 Å². The molecule has 17 heavy (non-hydrogen) atoms.